The second-order valence-electron chi connectivity index (χ2n) is 5.76. The quantitative estimate of drug-likeness (QED) is 0.740. The van der Waals surface area contributed by atoms with Crippen molar-refractivity contribution in [3.05, 3.63) is 71.5 Å². The van der Waals surface area contributed by atoms with Crippen molar-refractivity contribution in [1.29, 1.82) is 0 Å². The van der Waals surface area contributed by atoms with E-state index in [1.807, 2.05) is 35.6 Å². The van der Waals surface area contributed by atoms with E-state index in [2.05, 4.69) is 0 Å². The van der Waals surface area contributed by atoms with E-state index >= 15 is 0 Å². The summed E-state index contributed by atoms with van der Waals surface area (Å²) in [7, 11) is 3.09. The van der Waals surface area contributed by atoms with Crippen molar-refractivity contribution in [2.24, 2.45) is 0 Å². The molecule has 1 aliphatic rings. The normalized spacial score (nSPS) is 14.9. The molecule has 0 aliphatic carbocycles. The van der Waals surface area contributed by atoms with Gasteiger partial charge in [-0.25, -0.2) is 4.79 Å². The van der Waals surface area contributed by atoms with Crippen LogP contribution < -0.4 is 19.5 Å². The second-order valence-corrected chi connectivity index (χ2v) is 5.76. The van der Waals surface area contributed by atoms with Crippen LogP contribution in [0.15, 0.2) is 60.4 Å². The summed E-state index contributed by atoms with van der Waals surface area (Å²) in [6, 6.07) is 13.3. The Morgan fingerprint density at radius 2 is 1.71 bits per heavy atom. The third-order valence-corrected chi connectivity index (χ3v) is 3.89. The number of methoxy groups -OCH3 is 2. The first-order valence-electron chi connectivity index (χ1n) is 8.45. The van der Waals surface area contributed by atoms with Gasteiger partial charge < -0.3 is 18.9 Å². The fraction of sp³-hybridized carbons (Fsp3) is 0.143. The molecular weight excluding hydrogens is 362 g/mol. The first-order chi connectivity index (χ1) is 13.6. The van der Waals surface area contributed by atoms with Crippen LogP contribution in [0.1, 0.15) is 11.1 Å². The van der Waals surface area contributed by atoms with Crippen LogP contribution in [0.4, 0.5) is 4.79 Å². The molecule has 0 unspecified atom stereocenters. The average molecular weight is 381 g/mol. The first kappa shape index (κ1) is 19.0. The van der Waals surface area contributed by atoms with E-state index in [0.29, 0.717) is 23.9 Å². The maximum Gasteiger partial charge on any atom is 0.419 e. The Morgan fingerprint density at radius 1 is 1.04 bits per heavy atom. The lowest BCUT2D eigenvalue weighted by Crippen LogP contribution is -2.18. The van der Waals surface area contributed by atoms with Gasteiger partial charge in [0.15, 0.2) is 17.3 Å². The molecule has 0 atom stereocenters. The predicted molar refractivity (Wildman–Crippen MR) is 102 cm³/mol. The molecule has 7 heteroatoms. The zero-order chi connectivity index (χ0) is 19.9. The van der Waals surface area contributed by atoms with Crippen molar-refractivity contribution in [1.82, 2.24) is 5.32 Å². The Morgan fingerprint density at radius 3 is 2.29 bits per heavy atom. The Bertz CT molecular complexity index is 908. The Hall–Kier alpha value is -3.74. The van der Waals surface area contributed by atoms with Gasteiger partial charge in [0.1, 0.15) is 6.61 Å². The molecule has 0 bridgehead atoms. The van der Waals surface area contributed by atoms with E-state index in [1.54, 1.807) is 38.5 Å². The highest BCUT2D eigenvalue weighted by Crippen LogP contribution is 2.39. The number of alkyl carbamates (subject to hydrolysis) is 1. The lowest BCUT2D eigenvalue weighted by atomic mass is 10.1. The molecule has 28 heavy (non-hydrogen) atoms. The van der Waals surface area contributed by atoms with Crippen LogP contribution in [0, 0.1) is 0 Å². The number of allylic oxidation sites excluding steroid dienone is 2. The SMILES string of the molecule is COc1cc(C=CC=C2OC(=O)NC2=O)cc(OC)c1OCc1ccccc1. The molecule has 2 aromatic rings. The molecule has 0 saturated carbocycles. The molecule has 0 spiro atoms. The zero-order valence-corrected chi connectivity index (χ0v) is 15.4. The van der Waals surface area contributed by atoms with Crippen LogP contribution in [0.3, 0.4) is 0 Å². The van der Waals surface area contributed by atoms with Crippen molar-refractivity contribution in [3.63, 3.8) is 0 Å². The van der Waals surface area contributed by atoms with Crippen LogP contribution in [0.5, 0.6) is 17.2 Å². The number of benzene rings is 2. The summed E-state index contributed by atoms with van der Waals surface area (Å²) in [4.78, 5) is 22.4. The summed E-state index contributed by atoms with van der Waals surface area (Å²) in [5, 5.41) is 2.03. The number of hydrogen-bond donors (Lipinski definition) is 1. The van der Waals surface area contributed by atoms with Gasteiger partial charge in [0, 0.05) is 0 Å². The minimum Gasteiger partial charge on any atom is -0.493 e. The predicted octanol–water partition coefficient (Wildman–Crippen LogP) is 3.45. The summed E-state index contributed by atoms with van der Waals surface area (Å²) < 4.78 is 21.5. The number of carbonyl (C=O) groups is 2. The number of rotatable bonds is 7. The highest BCUT2D eigenvalue weighted by atomic mass is 16.6. The fourth-order valence-corrected chi connectivity index (χ4v) is 2.55. The van der Waals surface area contributed by atoms with Gasteiger partial charge in [-0.15, -0.1) is 0 Å². The molecular formula is C21H19NO6. The summed E-state index contributed by atoms with van der Waals surface area (Å²) in [5.41, 5.74) is 1.77. The van der Waals surface area contributed by atoms with Crippen LogP contribution in [0.2, 0.25) is 0 Å². The largest absolute Gasteiger partial charge is 0.493 e. The molecule has 1 saturated heterocycles. The van der Waals surface area contributed by atoms with E-state index in [0.717, 1.165) is 11.1 Å². The zero-order valence-electron chi connectivity index (χ0n) is 15.4. The van der Waals surface area contributed by atoms with E-state index in [-0.39, 0.29) is 5.76 Å². The molecule has 0 aromatic heterocycles. The molecule has 1 aliphatic heterocycles. The van der Waals surface area contributed by atoms with Crippen LogP contribution in [-0.2, 0) is 16.1 Å². The van der Waals surface area contributed by atoms with Gasteiger partial charge in [-0.1, -0.05) is 42.5 Å². The molecule has 7 nitrogen and oxygen atoms in total. The lowest BCUT2D eigenvalue weighted by Gasteiger charge is -2.15. The highest BCUT2D eigenvalue weighted by Gasteiger charge is 2.25. The van der Waals surface area contributed by atoms with Gasteiger partial charge in [0.25, 0.3) is 5.91 Å². The number of carbonyl (C=O) groups excluding carboxylic acids is 2. The van der Waals surface area contributed by atoms with Crippen LogP contribution in [0.25, 0.3) is 6.08 Å². The number of nitrogens with one attached hydrogen (secondary N) is 1. The molecule has 144 valence electrons. The molecule has 1 fully saturated rings. The van der Waals surface area contributed by atoms with E-state index in [9.17, 15) is 9.59 Å². The van der Waals surface area contributed by atoms with Crippen molar-refractivity contribution >= 4 is 18.1 Å². The van der Waals surface area contributed by atoms with Crippen molar-refractivity contribution in [3.8, 4) is 17.2 Å². The standard InChI is InChI=1S/C21H19NO6/c1-25-17-11-15(9-6-10-16-20(23)22-21(24)28-16)12-18(26-2)19(17)27-13-14-7-4-3-5-8-14/h3-12H,13H2,1-2H3,(H,22,23,24). The van der Waals surface area contributed by atoms with E-state index in [1.165, 1.54) is 6.08 Å². The van der Waals surface area contributed by atoms with E-state index < -0.39 is 12.0 Å². The third-order valence-electron chi connectivity index (χ3n) is 3.89. The summed E-state index contributed by atoms with van der Waals surface area (Å²) in [6.07, 6.45) is 3.93. The minimum absolute atomic E-state index is 0.0667. The van der Waals surface area contributed by atoms with Gasteiger partial charge in [-0.05, 0) is 29.3 Å². The maximum absolute atomic E-state index is 11.4. The minimum atomic E-state index is -0.784. The number of cyclic esters (lactones) is 1. The molecule has 0 radical (unpaired) electrons. The smallest absolute Gasteiger partial charge is 0.419 e. The monoisotopic (exact) mass is 381 g/mol. The van der Waals surface area contributed by atoms with Gasteiger partial charge in [0.05, 0.1) is 14.2 Å². The second kappa shape index (κ2) is 8.77. The summed E-state index contributed by atoms with van der Waals surface area (Å²) >= 11 is 0. The fourth-order valence-electron chi connectivity index (χ4n) is 2.55. The van der Waals surface area contributed by atoms with Crippen molar-refractivity contribution < 1.29 is 28.5 Å². The Kier molecular flexibility index (Phi) is 5.96. The van der Waals surface area contributed by atoms with Gasteiger partial charge in [0.2, 0.25) is 5.75 Å². The Labute approximate surface area is 162 Å². The van der Waals surface area contributed by atoms with Crippen molar-refractivity contribution in [2.75, 3.05) is 14.2 Å². The summed E-state index contributed by atoms with van der Waals surface area (Å²) in [6.45, 7) is 0.370. The number of ether oxygens (including phenoxy) is 4. The molecule has 3 rings (SSSR count). The summed E-state index contributed by atoms with van der Waals surface area (Å²) in [5.74, 6) is 0.867. The topological polar surface area (TPSA) is 83.1 Å². The molecule has 2 aromatic carbocycles. The number of amides is 2. The third kappa shape index (κ3) is 4.50. The van der Waals surface area contributed by atoms with Gasteiger partial charge >= 0.3 is 6.09 Å². The Balaban J connectivity index is 1.80. The van der Waals surface area contributed by atoms with Crippen LogP contribution >= 0.6 is 0 Å². The number of imide groups is 1. The van der Waals surface area contributed by atoms with Crippen molar-refractivity contribution in [2.45, 2.75) is 6.61 Å². The maximum atomic E-state index is 11.4. The highest BCUT2D eigenvalue weighted by molar-refractivity contribution is 6.07. The van der Waals surface area contributed by atoms with E-state index in [4.69, 9.17) is 18.9 Å². The molecule has 1 N–H and O–H groups in total. The lowest BCUT2D eigenvalue weighted by molar-refractivity contribution is -0.116. The first-order valence-corrected chi connectivity index (χ1v) is 8.45. The average Bonchev–Trinajstić information content (AvgIpc) is 3.03. The van der Waals surface area contributed by atoms with Gasteiger partial charge in [-0.2, -0.15) is 0 Å². The van der Waals surface area contributed by atoms with Crippen LogP contribution in [-0.4, -0.2) is 26.2 Å². The number of hydrogen-bond acceptors (Lipinski definition) is 6. The molecule has 2 amide bonds. The van der Waals surface area contributed by atoms with Gasteiger partial charge in [-0.3, -0.25) is 10.1 Å². The molecule has 1 heterocycles.